The van der Waals surface area contributed by atoms with Crippen molar-refractivity contribution in [3.63, 3.8) is 0 Å². The molecule has 0 aliphatic carbocycles. The third kappa shape index (κ3) is 2.54. The Morgan fingerprint density at radius 3 is 2.15 bits per heavy atom. The van der Waals surface area contributed by atoms with Gasteiger partial charge in [0.25, 0.3) is 0 Å². The number of rotatable bonds is 3. The van der Waals surface area contributed by atoms with Crippen molar-refractivity contribution in [2.75, 3.05) is 36.0 Å². The van der Waals surface area contributed by atoms with Crippen molar-refractivity contribution < 1.29 is 0 Å². The number of fused-ring (bicyclic) bond motifs is 1. The maximum Gasteiger partial charge on any atom is 0.229 e. The monoisotopic (exact) mass is 347 g/mol. The van der Waals surface area contributed by atoms with E-state index in [4.69, 9.17) is 9.97 Å². The lowest BCUT2D eigenvalue weighted by molar-refractivity contribution is 0.870. The second kappa shape index (κ2) is 6.31. The second-order valence-corrected chi connectivity index (χ2v) is 7.43. The average Bonchev–Trinajstić information content (AvgIpc) is 3.44. The summed E-state index contributed by atoms with van der Waals surface area (Å²) in [5.74, 6) is 2.02. The van der Waals surface area contributed by atoms with E-state index >= 15 is 0 Å². The van der Waals surface area contributed by atoms with Crippen molar-refractivity contribution in [2.45, 2.75) is 25.7 Å². The van der Waals surface area contributed by atoms with Gasteiger partial charge in [0.1, 0.15) is 11.5 Å². The summed E-state index contributed by atoms with van der Waals surface area (Å²) in [6.07, 6.45) is 4.98. The molecule has 134 valence electrons. The highest BCUT2D eigenvalue weighted by atomic mass is 15.3. The van der Waals surface area contributed by atoms with E-state index in [2.05, 4.69) is 57.8 Å². The Bertz CT molecular complexity index is 918. The van der Waals surface area contributed by atoms with Crippen LogP contribution in [0.25, 0.3) is 22.3 Å². The summed E-state index contributed by atoms with van der Waals surface area (Å²) in [5.41, 5.74) is 3.47. The second-order valence-electron chi connectivity index (χ2n) is 7.43. The van der Waals surface area contributed by atoms with Gasteiger partial charge in [-0.2, -0.15) is 9.97 Å². The van der Waals surface area contributed by atoms with E-state index in [9.17, 15) is 0 Å². The highest BCUT2D eigenvalue weighted by Crippen LogP contribution is 2.34. The van der Waals surface area contributed by atoms with Crippen molar-refractivity contribution >= 4 is 22.8 Å². The van der Waals surface area contributed by atoms with E-state index in [1.54, 1.807) is 0 Å². The lowest BCUT2D eigenvalue weighted by Gasteiger charge is -2.21. The van der Waals surface area contributed by atoms with E-state index in [1.807, 2.05) is 0 Å². The quantitative estimate of drug-likeness (QED) is 0.721. The summed E-state index contributed by atoms with van der Waals surface area (Å²) in [6, 6.07) is 12.8. The fourth-order valence-electron chi connectivity index (χ4n) is 4.28. The van der Waals surface area contributed by atoms with Crippen LogP contribution in [0.4, 0.5) is 11.8 Å². The Hall–Kier alpha value is -2.56. The minimum atomic E-state index is 0.901. The standard InChI is InChI=1S/C21H25N5/c1-24-18(16-9-3-2-4-10-16)15-17-19(24)22-21(26-13-7-8-14-26)23-20(17)25-11-5-6-12-25/h2-4,9-10,15H,5-8,11-14H2,1H3. The SMILES string of the molecule is Cn1c(-c2ccccc2)cc2c(N3CCCC3)nc(N3CCCC3)nc21. The molecule has 1 aromatic carbocycles. The molecule has 2 fully saturated rings. The van der Waals surface area contributed by atoms with Gasteiger partial charge >= 0.3 is 0 Å². The molecule has 26 heavy (non-hydrogen) atoms. The van der Waals surface area contributed by atoms with Gasteiger partial charge in [0.2, 0.25) is 5.95 Å². The number of hydrogen-bond donors (Lipinski definition) is 0. The predicted molar refractivity (Wildman–Crippen MR) is 107 cm³/mol. The van der Waals surface area contributed by atoms with E-state index in [0.717, 1.165) is 43.6 Å². The summed E-state index contributed by atoms with van der Waals surface area (Å²) in [7, 11) is 2.12. The van der Waals surface area contributed by atoms with Crippen LogP contribution in [0.3, 0.4) is 0 Å². The van der Waals surface area contributed by atoms with Gasteiger partial charge < -0.3 is 14.4 Å². The van der Waals surface area contributed by atoms with Crippen LogP contribution in [0, 0.1) is 0 Å². The van der Waals surface area contributed by atoms with Gasteiger partial charge in [-0.3, -0.25) is 0 Å². The van der Waals surface area contributed by atoms with Gasteiger partial charge in [0, 0.05) is 33.2 Å². The largest absolute Gasteiger partial charge is 0.356 e. The zero-order chi connectivity index (χ0) is 17.5. The summed E-state index contributed by atoms with van der Waals surface area (Å²) >= 11 is 0. The molecule has 0 atom stereocenters. The first-order chi connectivity index (χ1) is 12.8. The van der Waals surface area contributed by atoms with Gasteiger partial charge in [-0.1, -0.05) is 30.3 Å². The smallest absolute Gasteiger partial charge is 0.229 e. The molecule has 0 saturated carbocycles. The maximum atomic E-state index is 5.04. The molecule has 0 unspecified atom stereocenters. The lowest BCUT2D eigenvalue weighted by Crippen LogP contribution is -2.24. The maximum absolute atomic E-state index is 5.04. The number of nitrogens with zero attached hydrogens (tertiary/aromatic N) is 5. The summed E-state index contributed by atoms with van der Waals surface area (Å²) in [4.78, 5) is 14.8. The fraction of sp³-hybridized carbons (Fsp3) is 0.429. The van der Waals surface area contributed by atoms with Crippen LogP contribution in [0.1, 0.15) is 25.7 Å². The van der Waals surface area contributed by atoms with Crippen LogP contribution in [0.5, 0.6) is 0 Å². The zero-order valence-corrected chi connectivity index (χ0v) is 15.4. The molecule has 5 rings (SSSR count). The van der Waals surface area contributed by atoms with Crippen LogP contribution in [-0.4, -0.2) is 40.7 Å². The molecule has 2 aromatic heterocycles. The molecule has 2 saturated heterocycles. The first-order valence-corrected chi connectivity index (χ1v) is 9.74. The molecule has 5 nitrogen and oxygen atoms in total. The molecular formula is C21H25N5. The Balaban J connectivity index is 1.71. The Kier molecular flexibility index (Phi) is 3.80. The van der Waals surface area contributed by atoms with Crippen molar-refractivity contribution in [2.24, 2.45) is 7.05 Å². The van der Waals surface area contributed by atoms with Gasteiger partial charge in [-0.05, 0) is 37.3 Å². The normalized spacial score (nSPS) is 17.6. The number of aromatic nitrogens is 3. The van der Waals surface area contributed by atoms with E-state index in [-0.39, 0.29) is 0 Å². The molecule has 3 aromatic rings. The molecule has 0 spiro atoms. The molecule has 4 heterocycles. The van der Waals surface area contributed by atoms with Gasteiger partial charge in [-0.15, -0.1) is 0 Å². The number of hydrogen-bond acceptors (Lipinski definition) is 4. The molecule has 0 radical (unpaired) electrons. The lowest BCUT2D eigenvalue weighted by atomic mass is 10.1. The molecule has 2 aliphatic rings. The van der Waals surface area contributed by atoms with E-state index in [1.165, 1.54) is 42.3 Å². The highest BCUT2D eigenvalue weighted by Gasteiger charge is 2.24. The van der Waals surface area contributed by atoms with Crippen molar-refractivity contribution in [3.05, 3.63) is 36.4 Å². The van der Waals surface area contributed by atoms with Gasteiger partial charge in [-0.25, -0.2) is 0 Å². The third-order valence-corrected chi connectivity index (χ3v) is 5.72. The topological polar surface area (TPSA) is 37.2 Å². The van der Waals surface area contributed by atoms with Crippen molar-refractivity contribution in [1.29, 1.82) is 0 Å². The van der Waals surface area contributed by atoms with E-state index in [0.29, 0.717) is 0 Å². The van der Waals surface area contributed by atoms with Crippen LogP contribution in [0.15, 0.2) is 36.4 Å². The molecule has 5 heteroatoms. The Morgan fingerprint density at radius 1 is 0.808 bits per heavy atom. The minimum absolute atomic E-state index is 0.901. The zero-order valence-electron chi connectivity index (χ0n) is 15.4. The minimum Gasteiger partial charge on any atom is -0.356 e. The number of aryl methyl sites for hydroxylation is 1. The molecule has 0 amide bonds. The van der Waals surface area contributed by atoms with Crippen molar-refractivity contribution in [1.82, 2.24) is 14.5 Å². The van der Waals surface area contributed by atoms with Gasteiger partial charge in [0.05, 0.1) is 11.1 Å². The van der Waals surface area contributed by atoms with E-state index < -0.39 is 0 Å². The fourth-order valence-corrected chi connectivity index (χ4v) is 4.28. The first kappa shape index (κ1) is 15.7. The molecule has 2 aliphatic heterocycles. The highest BCUT2D eigenvalue weighted by molar-refractivity contribution is 5.94. The van der Waals surface area contributed by atoms with Crippen LogP contribution in [0.2, 0.25) is 0 Å². The molecular weight excluding hydrogens is 322 g/mol. The summed E-state index contributed by atoms with van der Waals surface area (Å²) in [6.45, 7) is 4.34. The summed E-state index contributed by atoms with van der Waals surface area (Å²) in [5, 5.41) is 1.18. The predicted octanol–water partition coefficient (Wildman–Crippen LogP) is 3.84. The van der Waals surface area contributed by atoms with Crippen LogP contribution in [-0.2, 0) is 7.05 Å². The van der Waals surface area contributed by atoms with Gasteiger partial charge in [0.15, 0.2) is 0 Å². The van der Waals surface area contributed by atoms with Crippen LogP contribution >= 0.6 is 0 Å². The molecule has 0 N–H and O–H groups in total. The Labute approximate surface area is 154 Å². The Morgan fingerprint density at radius 2 is 1.46 bits per heavy atom. The van der Waals surface area contributed by atoms with Crippen molar-refractivity contribution in [3.8, 4) is 11.3 Å². The number of benzene rings is 1. The number of anilines is 2. The summed E-state index contributed by atoms with van der Waals surface area (Å²) < 4.78 is 2.23. The molecule has 0 bridgehead atoms. The first-order valence-electron chi connectivity index (χ1n) is 9.74. The van der Waals surface area contributed by atoms with Crippen LogP contribution < -0.4 is 9.80 Å². The average molecular weight is 347 g/mol. The third-order valence-electron chi connectivity index (χ3n) is 5.72.